The van der Waals surface area contributed by atoms with Gasteiger partial charge in [-0.2, -0.15) is 0 Å². The van der Waals surface area contributed by atoms with Crippen LogP contribution in [0.1, 0.15) is 48.3 Å². The topological polar surface area (TPSA) is 55.7 Å². The predicted octanol–water partition coefficient (Wildman–Crippen LogP) is 4.74. The lowest BCUT2D eigenvalue weighted by Gasteiger charge is -2.38. The van der Waals surface area contributed by atoms with Crippen LogP contribution in [0.2, 0.25) is 0 Å². The van der Waals surface area contributed by atoms with Gasteiger partial charge in [-0.3, -0.25) is 9.79 Å². The van der Waals surface area contributed by atoms with E-state index >= 15 is 0 Å². The minimum absolute atomic E-state index is 0.129. The molecule has 1 saturated carbocycles. The number of ether oxygens (including phenoxy) is 1. The zero-order chi connectivity index (χ0) is 20.5. The molecule has 2 aliphatic rings. The van der Waals surface area contributed by atoms with Gasteiger partial charge in [0.15, 0.2) is 0 Å². The lowest BCUT2D eigenvalue weighted by Crippen LogP contribution is -2.41. The molecule has 0 radical (unpaired) electrons. The maximum Gasteiger partial charge on any atom is 0.336 e. The first kappa shape index (κ1) is 19.3. The maximum atomic E-state index is 13.4. The third-order valence-electron chi connectivity index (χ3n) is 6.07. The molecule has 1 aliphatic carbocycles. The molecule has 148 valence electrons. The highest BCUT2D eigenvalue weighted by atomic mass is 16.5. The highest BCUT2D eigenvalue weighted by Crippen LogP contribution is 2.45. The standard InChI is InChI=1S/C25H25NO3/c1-15-9-11-18(12-10-15)23-22(25(28)29-3)16(2)26-20-13-19(14-21(27)24(20)23)17-7-5-4-6-8-17/h4-12,19,23-24H,13-14H2,1-3H3/t19-,23-,24?/m0/s1. The number of nitrogens with zero attached hydrogens (tertiary/aromatic N) is 1. The van der Waals surface area contributed by atoms with Crippen molar-refractivity contribution in [1.29, 1.82) is 0 Å². The van der Waals surface area contributed by atoms with E-state index in [-0.39, 0.29) is 17.6 Å². The van der Waals surface area contributed by atoms with Gasteiger partial charge in [-0.15, -0.1) is 0 Å². The summed E-state index contributed by atoms with van der Waals surface area (Å²) < 4.78 is 5.06. The first-order valence-corrected chi connectivity index (χ1v) is 10.0. The van der Waals surface area contributed by atoms with E-state index in [4.69, 9.17) is 9.73 Å². The van der Waals surface area contributed by atoms with E-state index in [1.165, 1.54) is 7.11 Å². The average molecular weight is 387 g/mol. The Labute approximate surface area is 171 Å². The van der Waals surface area contributed by atoms with Crippen molar-refractivity contribution in [2.24, 2.45) is 10.9 Å². The molecule has 0 aromatic heterocycles. The van der Waals surface area contributed by atoms with E-state index in [2.05, 4.69) is 12.1 Å². The summed E-state index contributed by atoms with van der Waals surface area (Å²) in [4.78, 5) is 30.8. The molecule has 4 nitrogen and oxygen atoms in total. The molecule has 3 atom stereocenters. The van der Waals surface area contributed by atoms with E-state index in [0.29, 0.717) is 17.7 Å². The summed E-state index contributed by atoms with van der Waals surface area (Å²) in [6.45, 7) is 3.86. The molecule has 0 spiro atoms. The molecule has 29 heavy (non-hydrogen) atoms. The van der Waals surface area contributed by atoms with Gasteiger partial charge in [-0.05, 0) is 37.3 Å². The number of allylic oxidation sites excluding steroid dienone is 1. The maximum absolute atomic E-state index is 13.4. The number of hydrogen-bond donors (Lipinski definition) is 0. The SMILES string of the molecule is COC(=O)C1=C(C)N=C2C[C@H](c3ccccc3)CC(=O)C2[C@H]1c1ccc(C)cc1. The van der Waals surface area contributed by atoms with E-state index in [1.54, 1.807) is 0 Å². The highest BCUT2D eigenvalue weighted by Gasteiger charge is 2.45. The van der Waals surface area contributed by atoms with Crippen molar-refractivity contribution in [3.05, 3.63) is 82.6 Å². The first-order chi connectivity index (χ1) is 14.0. The van der Waals surface area contributed by atoms with Crippen molar-refractivity contribution >= 4 is 17.5 Å². The van der Waals surface area contributed by atoms with Gasteiger partial charge >= 0.3 is 5.97 Å². The molecule has 1 unspecified atom stereocenters. The third-order valence-corrected chi connectivity index (χ3v) is 6.07. The fraction of sp³-hybridized carbons (Fsp3) is 0.320. The summed E-state index contributed by atoms with van der Waals surface area (Å²) in [6, 6.07) is 18.2. The van der Waals surface area contributed by atoms with Crippen LogP contribution in [0.15, 0.2) is 70.9 Å². The molecule has 1 fully saturated rings. The average Bonchev–Trinajstić information content (AvgIpc) is 2.73. The second-order valence-electron chi connectivity index (χ2n) is 7.94. The van der Waals surface area contributed by atoms with Crippen LogP contribution >= 0.6 is 0 Å². The summed E-state index contributed by atoms with van der Waals surface area (Å²) in [5.41, 5.74) is 5.28. The Bertz CT molecular complexity index is 1000. The van der Waals surface area contributed by atoms with Crippen LogP contribution in [0.3, 0.4) is 0 Å². The van der Waals surface area contributed by atoms with Crippen molar-refractivity contribution in [2.75, 3.05) is 7.11 Å². The minimum atomic E-state index is -0.408. The largest absolute Gasteiger partial charge is 0.466 e. The number of ketones is 1. The van der Waals surface area contributed by atoms with E-state index in [0.717, 1.165) is 28.8 Å². The van der Waals surface area contributed by atoms with Crippen molar-refractivity contribution in [2.45, 2.75) is 38.5 Å². The van der Waals surface area contributed by atoms with Crippen LogP contribution in [0, 0.1) is 12.8 Å². The summed E-state index contributed by atoms with van der Waals surface area (Å²) in [6.07, 6.45) is 1.19. The molecule has 0 amide bonds. The Balaban J connectivity index is 1.80. The van der Waals surface area contributed by atoms with Crippen molar-refractivity contribution in [3.8, 4) is 0 Å². The molecule has 0 N–H and O–H groups in total. The smallest absolute Gasteiger partial charge is 0.336 e. The normalized spacial score (nSPS) is 24.0. The summed E-state index contributed by atoms with van der Waals surface area (Å²) in [7, 11) is 1.38. The molecule has 4 rings (SSSR count). The quantitative estimate of drug-likeness (QED) is 0.715. The minimum Gasteiger partial charge on any atom is -0.466 e. The van der Waals surface area contributed by atoms with Gasteiger partial charge in [0.2, 0.25) is 0 Å². The number of esters is 1. The van der Waals surface area contributed by atoms with E-state index in [1.807, 2.05) is 56.3 Å². The van der Waals surface area contributed by atoms with Crippen LogP contribution in [0.5, 0.6) is 0 Å². The lowest BCUT2D eigenvalue weighted by atomic mass is 9.66. The third kappa shape index (κ3) is 3.55. The Morgan fingerprint density at radius 3 is 2.28 bits per heavy atom. The van der Waals surface area contributed by atoms with Gasteiger partial charge in [-0.1, -0.05) is 60.2 Å². The molecule has 2 aromatic rings. The van der Waals surface area contributed by atoms with Crippen LogP contribution in [-0.2, 0) is 14.3 Å². The Morgan fingerprint density at radius 2 is 1.62 bits per heavy atom. The van der Waals surface area contributed by atoms with Crippen molar-refractivity contribution in [3.63, 3.8) is 0 Å². The van der Waals surface area contributed by atoms with Gasteiger partial charge in [0.05, 0.1) is 18.6 Å². The number of carbonyl (C=O) groups is 2. The van der Waals surface area contributed by atoms with Crippen LogP contribution in [-0.4, -0.2) is 24.6 Å². The monoisotopic (exact) mass is 387 g/mol. The summed E-state index contributed by atoms with van der Waals surface area (Å²) in [5.74, 6) is -0.891. The van der Waals surface area contributed by atoms with Gasteiger partial charge in [0, 0.05) is 23.7 Å². The fourth-order valence-corrected chi connectivity index (χ4v) is 4.65. The van der Waals surface area contributed by atoms with E-state index < -0.39 is 11.9 Å². The molecular formula is C25H25NO3. The summed E-state index contributed by atoms with van der Waals surface area (Å²) >= 11 is 0. The highest BCUT2D eigenvalue weighted by molar-refractivity contribution is 6.12. The zero-order valence-corrected chi connectivity index (χ0v) is 17.0. The first-order valence-electron chi connectivity index (χ1n) is 10.0. The second-order valence-corrected chi connectivity index (χ2v) is 7.94. The number of aryl methyl sites for hydroxylation is 1. The van der Waals surface area contributed by atoms with Crippen LogP contribution in [0.25, 0.3) is 0 Å². The summed E-state index contributed by atoms with van der Waals surface area (Å²) in [5, 5.41) is 0. The molecule has 2 aromatic carbocycles. The molecule has 0 bridgehead atoms. The second kappa shape index (κ2) is 7.78. The number of benzene rings is 2. The molecular weight excluding hydrogens is 362 g/mol. The van der Waals surface area contributed by atoms with Crippen LogP contribution < -0.4 is 0 Å². The molecule has 1 heterocycles. The fourth-order valence-electron chi connectivity index (χ4n) is 4.65. The Hall–Kier alpha value is -3.01. The zero-order valence-electron chi connectivity index (χ0n) is 17.0. The van der Waals surface area contributed by atoms with Crippen molar-refractivity contribution in [1.82, 2.24) is 0 Å². The number of Topliss-reactive ketones (excluding diaryl/α,β-unsaturated/α-hetero) is 1. The number of methoxy groups -OCH3 is 1. The van der Waals surface area contributed by atoms with Gasteiger partial charge in [0.1, 0.15) is 5.78 Å². The lowest BCUT2D eigenvalue weighted by molar-refractivity contribution is -0.136. The van der Waals surface area contributed by atoms with Crippen molar-refractivity contribution < 1.29 is 14.3 Å². The molecule has 0 saturated heterocycles. The number of fused-ring (bicyclic) bond motifs is 1. The van der Waals surface area contributed by atoms with Crippen LogP contribution in [0.4, 0.5) is 0 Å². The molecule has 4 heteroatoms. The van der Waals surface area contributed by atoms with Gasteiger partial charge in [-0.25, -0.2) is 4.79 Å². The van der Waals surface area contributed by atoms with Gasteiger partial charge < -0.3 is 4.74 Å². The molecule has 1 aliphatic heterocycles. The predicted molar refractivity (Wildman–Crippen MR) is 113 cm³/mol. The number of hydrogen-bond acceptors (Lipinski definition) is 4. The van der Waals surface area contributed by atoms with E-state index in [9.17, 15) is 9.59 Å². The number of rotatable bonds is 3. The number of carbonyl (C=O) groups excluding carboxylic acids is 2. The Kier molecular flexibility index (Phi) is 5.18. The Morgan fingerprint density at radius 1 is 0.931 bits per heavy atom. The number of aliphatic imine (C=N–C) groups is 1. The van der Waals surface area contributed by atoms with Gasteiger partial charge in [0.25, 0.3) is 0 Å².